The highest BCUT2D eigenvalue weighted by Gasteiger charge is 2.61. The minimum atomic E-state index is -2.55. The molecule has 2 fully saturated rings. The summed E-state index contributed by atoms with van der Waals surface area (Å²) in [5.41, 5.74) is 0.201. The molecule has 0 saturated heterocycles. The zero-order valence-electron chi connectivity index (χ0n) is 18.5. The molecule has 0 aliphatic heterocycles. The highest BCUT2D eigenvalue weighted by molar-refractivity contribution is 7.11. The summed E-state index contributed by atoms with van der Waals surface area (Å²) in [5, 5.41) is 13.7. The van der Waals surface area contributed by atoms with Crippen LogP contribution in [0.4, 0.5) is 0 Å². The monoisotopic (exact) mass is 449 g/mol. The molecule has 31 heavy (non-hydrogen) atoms. The molecule has 0 bridgehead atoms. The highest BCUT2D eigenvalue weighted by atomic mass is 32.1. The molecular formula is C26H31NO2SSi. The molecule has 3 unspecified atom stereocenters. The Hall–Kier alpha value is -1.79. The number of aromatic nitrogens is 1. The third-order valence-corrected chi connectivity index (χ3v) is 13.4. The van der Waals surface area contributed by atoms with Crippen molar-refractivity contribution in [3.63, 3.8) is 0 Å². The quantitative estimate of drug-likeness (QED) is 0.558. The molecule has 1 N–H and O–H groups in total. The molecule has 3 aromatic rings. The number of fused-ring (bicyclic) bond motifs is 1. The van der Waals surface area contributed by atoms with E-state index < -0.39 is 8.32 Å². The summed E-state index contributed by atoms with van der Waals surface area (Å²) in [7, 11) is -2.55. The van der Waals surface area contributed by atoms with E-state index in [-0.39, 0.29) is 16.6 Å². The van der Waals surface area contributed by atoms with Crippen LogP contribution >= 0.6 is 11.3 Å². The largest absolute Gasteiger partial charge is 0.401 e. The van der Waals surface area contributed by atoms with Crippen LogP contribution in [0.5, 0.6) is 0 Å². The van der Waals surface area contributed by atoms with E-state index in [1.807, 2.05) is 6.20 Å². The molecule has 5 rings (SSSR count). The smallest absolute Gasteiger partial charge is 0.261 e. The molecule has 5 heteroatoms. The molecule has 2 aliphatic carbocycles. The molecule has 2 saturated carbocycles. The fourth-order valence-electron chi connectivity index (χ4n) is 5.71. The Kier molecular flexibility index (Phi) is 5.21. The molecule has 2 aliphatic rings. The first-order chi connectivity index (χ1) is 14.8. The van der Waals surface area contributed by atoms with Gasteiger partial charge in [0.1, 0.15) is 5.01 Å². The van der Waals surface area contributed by atoms with Gasteiger partial charge in [-0.3, -0.25) is 0 Å². The normalized spacial score (nSPS) is 25.4. The van der Waals surface area contributed by atoms with Crippen LogP contribution in [-0.2, 0) is 16.4 Å². The van der Waals surface area contributed by atoms with Crippen molar-refractivity contribution in [2.75, 3.05) is 0 Å². The van der Waals surface area contributed by atoms with Gasteiger partial charge in [0.05, 0.1) is 12.7 Å². The van der Waals surface area contributed by atoms with Crippen LogP contribution in [0.3, 0.4) is 0 Å². The van der Waals surface area contributed by atoms with Crippen LogP contribution < -0.4 is 10.4 Å². The number of thiazole rings is 1. The third kappa shape index (κ3) is 3.52. The summed E-state index contributed by atoms with van der Waals surface area (Å²) in [6.45, 7) is 7.45. The molecule has 3 nitrogen and oxygen atoms in total. The van der Waals surface area contributed by atoms with E-state index in [2.05, 4.69) is 81.4 Å². The Morgan fingerprint density at radius 1 is 1.03 bits per heavy atom. The van der Waals surface area contributed by atoms with Gasteiger partial charge in [-0.15, -0.1) is 11.3 Å². The Morgan fingerprint density at radius 2 is 1.65 bits per heavy atom. The van der Waals surface area contributed by atoms with Crippen molar-refractivity contribution in [3.05, 3.63) is 76.7 Å². The van der Waals surface area contributed by atoms with Crippen molar-refractivity contribution < 1.29 is 9.53 Å². The summed E-state index contributed by atoms with van der Waals surface area (Å²) < 4.78 is 7.03. The maximum atomic E-state index is 10.1. The average Bonchev–Trinajstić information content (AvgIpc) is 3.10. The van der Waals surface area contributed by atoms with Gasteiger partial charge in [0.2, 0.25) is 0 Å². The standard InChI is InChI=1S/C26H31NO2SSi/c1-25(2,3)31(21-10-6-4-7-11-21,22-12-8-5-9-13-22)29-18-24-27-17-23(30-24)26-15-19(26)14-20(28)16-26/h4-13,17,19-20,28H,14-16,18H2,1-3H3. The van der Waals surface area contributed by atoms with Crippen molar-refractivity contribution >= 4 is 30.0 Å². The summed E-state index contributed by atoms with van der Waals surface area (Å²) >= 11 is 1.79. The van der Waals surface area contributed by atoms with E-state index in [4.69, 9.17) is 9.41 Å². The molecular weight excluding hydrogens is 418 g/mol. The second kappa shape index (κ2) is 7.66. The molecule has 3 atom stereocenters. The summed E-state index contributed by atoms with van der Waals surface area (Å²) in [6.07, 6.45) is 4.96. The fourth-order valence-corrected chi connectivity index (χ4v) is 11.4. The summed E-state index contributed by atoms with van der Waals surface area (Å²) in [6, 6.07) is 21.5. The van der Waals surface area contributed by atoms with Gasteiger partial charge in [0.15, 0.2) is 0 Å². The number of hydrogen-bond acceptors (Lipinski definition) is 4. The topological polar surface area (TPSA) is 42.4 Å². The van der Waals surface area contributed by atoms with Crippen molar-refractivity contribution in [1.29, 1.82) is 0 Å². The van der Waals surface area contributed by atoms with Crippen molar-refractivity contribution in [3.8, 4) is 0 Å². The SMILES string of the molecule is CC(C)(C)[Si](OCc1ncc(C23CC(O)CC2C3)s1)(c1ccccc1)c1ccccc1. The van der Waals surface area contributed by atoms with Crippen LogP contribution in [0.15, 0.2) is 66.9 Å². The maximum Gasteiger partial charge on any atom is 0.261 e. The lowest BCUT2D eigenvalue weighted by molar-refractivity contribution is 0.165. The van der Waals surface area contributed by atoms with Gasteiger partial charge in [0.25, 0.3) is 8.32 Å². The second-order valence-electron chi connectivity index (χ2n) is 10.2. The molecule has 0 amide bonds. The molecule has 1 aromatic heterocycles. The van der Waals surface area contributed by atoms with Crippen LogP contribution in [0.2, 0.25) is 5.04 Å². The van der Waals surface area contributed by atoms with E-state index in [9.17, 15) is 5.11 Å². The van der Waals surface area contributed by atoms with Crippen molar-refractivity contribution in [1.82, 2.24) is 4.98 Å². The van der Waals surface area contributed by atoms with Gasteiger partial charge in [0, 0.05) is 16.5 Å². The lowest BCUT2D eigenvalue weighted by Gasteiger charge is -2.42. The van der Waals surface area contributed by atoms with E-state index >= 15 is 0 Å². The first kappa shape index (κ1) is 21.1. The number of nitrogens with zero attached hydrogens (tertiary/aromatic N) is 1. The second-order valence-corrected chi connectivity index (χ2v) is 15.6. The maximum absolute atomic E-state index is 10.1. The van der Waals surface area contributed by atoms with Gasteiger partial charge in [-0.1, -0.05) is 81.4 Å². The predicted octanol–water partition coefficient (Wildman–Crippen LogP) is 4.63. The fraction of sp³-hybridized carbons (Fsp3) is 0.423. The summed E-state index contributed by atoms with van der Waals surface area (Å²) in [5.74, 6) is 0.647. The third-order valence-electron chi connectivity index (χ3n) is 7.26. The number of aliphatic hydroxyl groups excluding tert-OH is 1. The molecule has 162 valence electrons. The van der Waals surface area contributed by atoms with Crippen molar-refractivity contribution in [2.45, 2.75) is 63.2 Å². The number of hydrogen-bond donors (Lipinski definition) is 1. The Balaban J connectivity index is 1.48. The first-order valence-electron chi connectivity index (χ1n) is 11.2. The van der Waals surface area contributed by atoms with E-state index in [1.54, 1.807) is 11.3 Å². The van der Waals surface area contributed by atoms with Gasteiger partial charge in [-0.05, 0) is 40.6 Å². The molecule has 0 radical (unpaired) electrons. The van der Waals surface area contributed by atoms with Gasteiger partial charge >= 0.3 is 0 Å². The van der Waals surface area contributed by atoms with E-state index in [0.29, 0.717) is 12.5 Å². The van der Waals surface area contributed by atoms with Crippen LogP contribution in [0.1, 0.15) is 49.9 Å². The molecule has 2 aromatic carbocycles. The lowest BCUT2D eigenvalue weighted by Crippen LogP contribution is -2.66. The lowest BCUT2D eigenvalue weighted by atomic mass is 10.0. The van der Waals surface area contributed by atoms with Crippen LogP contribution in [0.25, 0.3) is 0 Å². The molecule has 1 heterocycles. The van der Waals surface area contributed by atoms with Crippen LogP contribution in [0, 0.1) is 5.92 Å². The number of aliphatic hydroxyl groups is 1. The van der Waals surface area contributed by atoms with Crippen molar-refractivity contribution in [2.24, 2.45) is 5.92 Å². The summed E-state index contributed by atoms with van der Waals surface area (Å²) in [4.78, 5) is 6.11. The Morgan fingerprint density at radius 3 is 2.16 bits per heavy atom. The van der Waals surface area contributed by atoms with Crippen LogP contribution in [-0.4, -0.2) is 24.5 Å². The zero-order chi connectivity index (χ0) is 21.7. The Labute approximate surface area is 190 Å². The minimum absolute atomic E-state index is 0.0361. The number of benzene rings is 2. The van der Waals surface area contributed by atoms with Gasteiger partial charge in [-0.2, -0.15) is 0 Å². The highest BCUT2D eigenvalue weighted by Crippen LogP contribution is 2.65. The average molecular weight is 450 g/mol. The van der Waals surface area contributed by atoms with E-state index in [1.165, 1.54) is 21.7 Å². The number of rotatable bonds is 6. The minimum Gasteiger partial charge on any atom is -0.401 e. The van der Waals surface area contributed by atoms with Gasteiger partial charge in [-0.25, -0.2) is 4.98 Å². The molecule has 0 spiro atoms. The van der Waals surface area contributed by atoms with E-state index in [0.717, 1.165) is 17.8 Å². The first-order valence-corrected chi connectivity index (χ1v) is 14.0. The predicted molar refractivity (Wildman–Crippen MR) is 130 cm³/mol. The Bertz CT molecular complexity index is 1010. The zero-order valence-corrected chi connectivity index (χ0v) is 20.4. The van der Waals surface area contributed by atoms with Gasteiger partial charge < -0.3 is 9.53 Å².